The van der Waals surface area contributed by atoms with Crippen LogP contribution in [0.25, 0.3) is 0 Å². The molecule has 16 heavy (non-hydrogen) atoms. The summed E-state index contributed by atoms with van der Waals surface area (Å²) in [6.07, 6.45) is 3.24. The Morgan fingerprint density at radius 2 is 2.00 bits per heavy atom. The average molecular weight is 215 g/mol. The molecule has 0 bridgehead atoms. The summed E-state index contributed by atoms with van der Waals surface area (Å²) in [5.74, 6) is -0.0399. The molecule has 1 aromatic carbocycles. The van der Waals surface area contributed by atoms with Gasteiger partial charge in [-0.15, -0.1) is 0 Å². The zero-order valence-electron chi connectivity index (χ0n) is 9.07. The molecule has 0 saturated heterocycles. The Labute approximate surface area is 94.2 Å². The zero-order valence-corrected chi connectivity index (χ0v) is 9.07. The molecule has 2 rings (SSSR count). The molecule has 0 saturated carbocycles. The largest absolute Gasteiger partial charge is 0.380 e. The van der Waals surface area contributed by atoms with Gasteiger partial charge in [-0.25, -0.2) is 0 Å². The highest BCUT2D eigenvalue weighted by Gasteiger charge is 2.23. The third-order valence-corrected chi connectivity index (χ3v) is 2.62. The molecular formula is C13H13NO2. The molecule has 0 amide bonds. The van der Waals surface area contributed by atoms with Gasteiger partial charge in [0, 0.05) is 18.2 Å². The second kappa shape index (κ2) is 4.31. The minimum atomic E-state index is -0.416. The fourth-order valence-corrected chi connectivity index (χ4v) is 1.67. The molecule has 1 atom stereocenters. The molecule has 1 heterocycles. The lowest BCUT2D eigenvalue weighted by atomic mass is 9.97. The zero-order chi connectivity index (χ0) is 11.5. The van der Waals surface area contributed by atoms with Crippen molar-refractivity contribution in [2.24, 2.45) is 0 Å². The third kappa shape index (κ3) is 2.19. The van der Waals surface area contributed by atoms with Crippen LogP contribution in [0.2, 0.25) is 0 Å². The third-order valence-electron chi connectivity index (χ3n) is 2.62. The summed E-state index contributed by atoms with van der Waals surface area (Å²) in [6, 6.07) is 6.96. The van der Waals surface area contributed by atoms with E-state index in [-0.39, 0.29) is 18.0 Å². The molecule has 3 heteroatoms. The van der Waals surface area contributed by atoms with Crippen molar-refractivity contribution in [3.05, 3.63) is 47.7 Å². The van der Waals surface area contributed by atoms with E-state index in [1.54, 1.807) is 18.3 Å². The molecule has 1 aliphatic rings. The Morgan fingerprint density at radius 3 is 2.62 bits per heavy atom. The van der Waals surface area contributed by atoms with Gasteiger partial charge >= 0.3 is 0 Å². The summed E-state index contributed by atoms with van der Waals surface area (Å²) in [7, 11) is 0. The number of allylic oxidation sites excluding steroid dienone is 1. The Balaban J connectivity index is 2.16. The molecule has 0 aromatic heterocycles. The van der Waals surface area contributed by atoms with Gasteiger partial charge in [0.2, 0.25) is 0 Å². The predicted octanol–water partition coefficient (Wildman–Crippen LogP) is 1.62. The fourth-order valence-electron chi connectivity index (χ4n) is 1.67. The van der Waals surface area contributed by atoms with Crippen LogP contribution >= 0.6 is 0 Å². The monoisotopic (exact) mass is 215 g/mol. The highest BCUT2D eigenvalue weighted by Crippen LogP contribution is 2.10. The van der Waals surface area contributed by atoms with E-state index < -0.39 is 6.04 Å². The second-order valence-corrected chi connectivity index (χ2v) is 3.95. The number of carbonyl (C=O) groups excluding carboxylic acids is 2. The summed E-state index contributed by atoms with van der Waals surface area (Å²) >= 11 is 0. The molecule has 0 radical (unpaired) electrons. The van der Waals surface area contributed by atoms with E-state index in [9.17, 15) is 9.59 Å². The Hall–Kier alpha value is -1.90. The van der Waals surface area contributed by atoms with E-state index in [4.69, 9.17) is 0 Å². The quantitative estimate of drug-likeness (QED) is 0.762. The number of benzene rings is 1. The lowest BCUT2D eigenvalue weighted by molar-refractivity contribution is -0.115. The van der Waals surface area contributed by atoms with Crippen LogP contribution in [0.5, 0.6) is 0 Å². The lowest BCUT2D eigenvalue weighted by Gasteiger charge is -2.18. The minimum Gasteiger partial charge on any atom is -0.380 e. The van der Waals surface area contributed by atoms with E-state index in [0.29, 0.717) is 5.56 Å². The van der Waals surface area contributed by atoms with Gasteiger partial charge in [-0.1, -0.05) is 29.8 Å². The maximum atomic E-state index is 12.0. The molecule has 1 aromatic rings. The molecule has 0 spiro atoms. The smallest absolute Gasteiger partial charge is 0.185 e. The summed E-state index contributed by atoms with van der Waals surface area (Å²) in [6.45, 7) is 1.97. The number of nitrogens with one attached hydrogen (secondary N) is 1. The first-order valence-electron chi connectivity index (χ1n) is 5.23. The van der Waals surface area contributed by atoms with Gasteiger partial charge in [-0.2, -0.15) is 0 Å². The molecule has 1 N–H and O–H groups in total. The Kier molecular flexibility index (Phi) is 2.86. The minimum absolute atomic E-state index is 0.00999. The summed E-state index contributed by atoms with van der Waals surface area (Å²) < 4.78 is 0. The molecule has 3 nitrogen and oxygen atoms in total. The molecular weight excluding hydrogens is 202 g/mol. The van der Waals surface area contributed by atoms with Gasteiger partial charge in [0.15, 0.2) is 11.6 Å². The van der Waals surface area contributed by atoms with Gasteiger partial charge in [-0.3, -0.25) is 9.59 Å². The van der Waals surface area contributed by atoms with E-state index in [0.717, 1.165) is 5.56 Å². The van der Waals surface area contributed by atoms with Crippen LogP contribution in [-0.2, 0) is 4.79 Å². The molecule has 1 unspecified atom stereocenters. The Morgan fingerprint density at radius 1 is 1.31 bits per heavy atom. The van der Waals surface area contributed by atoms with Crippen LogP contribution in [0, 0.1) is 6.92 Å². The van der Waals surface area contributed by atoms with Crippen molar-refractivity contribution in [3.63, 3.8) is 0 Å². The van der Waals surface area contributed by atoms with E-state index in [2.05, 4.69) is 5.32 Å². The first-order valence-corrected chi connectivity index (χ1v) is 5.23. The van der Waals surface area contributed by atoms with Crippen molar-refractivity contribution in [2.75, 3.05) is 0 Å². The molecule has 1 aliphatic heterocycles. The van der Waals surface area contributed by atoms with Gasteiger partial charge < -0.3 is 5.32 Å². The average Bonchev–Trinajstić information content (AvgIpc) is 2.29. The normalized spacial score (nSPS) is 19.3. The van der Waals surface area contributed by atoms with Crippen LogP contribution < -0.4 is 5.32 Å². The highest BCUT2D eigenvalue weighted by atomic mass is 16.1. The van der Waals surface area contributed by atoms with Crippen molar-refractivity contribution in [3.8, 4) is 0 Å². The second-order valence-electron chi connectivity index (χ2n) is 3.95. The molecule has 82 valence electrons. The number of aryl methyl sites for hydroxylation is 1. The number of carbonyl (C=O) groups is 2. The predicted molar refractivity (Wildman–Crippen MR) is 61.2 cm³/mol. The highest BCUT2D eigenvalue weighted by molar-refractivity contribution is 6.04. The van der Waals surface area contributed by atoms with Crippen LogP contribution in [0.1, 0.15) is 22.3 Å². The molecule has 0 fully saturated rings. The maximum absolute atomic E-state index is 12.0. The van der Waals surface area contributed by atoms with Crippen molar-refractivity contribution in [1.82, 2.24) is 5.32 Å². The van der Waals surface area contributed by atoms with E-state index >= 15 is 0 Å². The summed E-state index contributed by atoms with van der Waals surface area (Å²) in [5, 5.41) is 2.91. The number of rotatable bonds is 2. The standard InChI is InChI=1S/C13H13NO2/c1-9-2-4-10(5-3-9)13(16)12-8-11(15)6-7-14-12/h2-7,12,14H,8H2,1H3. The van der Waals surface area contributed by atoms with Crippen LogP contribution in [-0.4, -0.2) is 17.6 Å². The van der Waals surface area contributed by atoms with E-state index in [1.165, 1.54) is 6.08 Å². The topological polar surface area (TPSA) is 46.2 Å². The van der Waals surface area contributed by atoms with Crippen molar-refractivity contribution < 1.29 is 9.59 Å². The van der Waals surface area contributed by atoms with Crippen LogP contribution in [0.4, 0.5) is 0 Å². The van der Waals surface area contributed by atoms with Gasteiger partial charge in [0.1, 0.15) is 0 Å². The van der Waals surface area contributed by atoms with Crippen molar-refractivity contribution in [2.45, 2.75) is 19.4 Å². The van der Waals surface area contributed by atoms with E-state index in [1.807, 2.05) is 19.1 Å². The number of hydrogen-bond donors (Lipinski definition) is 1. The first kappa shape index (κ1) is 10.6. The number of hydrogen-bond acceptors (Lipinski definition) is 3. The van der Waals surface area contributed by atoms with Crippen molar-refractivity contribution >= 4 is 11.6 Å². The van der Waals surface area contributed by atoms with Crippen LogP contribution in [0.15, 0.2) is 36.5 Å². The number of ketones is 2. The SMILES string of the molecule is Cc1ccc(C(=O)C2CC(=O)C=CN2)cc1. The lowest BCUT2D eigenvalue weighted by Crippen LogP contribution is -2.37. The van der Waals surface area contributed by atoms with Crippen LogP contribution in [0.3, 0.4) is 0 Å². The van der Waals surface area contributed by atoms with Gasteiger partial charge in [-0.05, 0) is 13.0 Å². The molecule has 0 aliphatic carbocycles. The Bertz CT molecular complexity index is 446. The summed E-state index contributed by atoms with van der Waals surface area (Å²) in [4.78, 5) is 23.2. The maximum Gasteiger partial charge on any atom is 0.185 e. The van der Waals surface area contributed by atoms with Gasteiger partial charge in [0.25, 0.3) is 0 Å². The fraction of sp³-hybridized carbons (Fsp3) is 0.231. The first-order chi connectivity index (χ1) is 7.66. The number of Topliss-reactive ketones (excluding diaryl/α,β-unsaturated/α-hetero) is 1. The summed E-state index contributed by atoms with van der Waals surface area (Å²) in [5.41, 5.74) is 1.76. The van der Waals surface area contributed by atoms with Gasteiger partial charge in [0.05, 0.1) is 6.04 Å². The van der Waals surface area contributed by atoms with Crippen molar-refractivity contribution in [1.29, 1.82) is 0 Å².